The SMILES string of the molecule is COc1c[nH]c(C(=O)NCCCSCc2ccccc2F)cc1=O. The molecular formula is C17H19FN2O3S. The second kappa shape index (κ2) is 9.12. The number of pyridine rings is 1. The first-order valence-electron chi connectivity index (χ1n) is 7.48. The van der Waals surface area contributed by atoms with Crippen LogP contribution in [0, 0.1) is 5.82 Å². The van der Waals surface area contributed by atoms with Gasteiger partial charge in [-0.05, 0) is 23.8 Å². The summed E-state index contributed by atoms with van der Waals surface area (Å²) in [5.41, 5.74) is 0.531. The van der Waals surface area contributed by atoms with E-state index in [-0.39, 0.29) is 28.6 Å². The number of carbonyl (C=O) groups is 1. The molecular weight excluding hydrogens is 331 g/mol. The fourth-order valence-electron chi connectivity index (χ4n) is 2.02. The number of H-pyrrole nitrogens is 1. The highest BCUT2D eigenvalue weighted by Crippen LogP contribution is 2.15. The lowest BCUT2D eigenvalue weighted by Crippen LogP contribution is -2.26. The minimum absolute atomic E-state index is 0.163. The molecule has 24 heavy (non-hydrogen) atoms. The van der Waals surface area contributed by atoms with Crippen LogP contribution in [0.2, 0.25) is 0 Å². The largest absolute Gasteiger partial charge is 0.491 e. The number of nitrogens with one attached hydrogen (secondary N) is 2. The molecule has 0 bridgehead atoms. The molecule has 0 aliphatic heterocycles. The maximum absolute atomic E-state index is 13.4. The average molecular weight is 350 g/mol. The third kappa shape index (κ3) is 5.13. The Balaban J connectivity index is 1.69. The van der Waals surface area contributed by atoms with E-state index < -0.39 is 0 Å². The van der Waals surface area contributed by atoms with Crippen molar-refractivity contribution in [3.8, 4) is 5.75 Å². The maximum Gasteiger partial charge on any atom is 0.267 e. The van der Waals surface area contributed by atoms with Crippen LogP contribution in [0.25, 0.3) is 0 Å². The summed E-state index contributed by atoms with van der Waals surface area (Å²) in [6.07, 6.45) is 2.12. The van der Waals surface area contributed by atoms with E-state index in [0.717, 1.165) is 12.2 Å². The van der Waals surface area contributed by atoms with Crippen molar-refractivity contribution < 1.29 is 13.9 Å². The molecule has 0 unspecified atom stereocenters. The van der Waals surface area contributed by atoms with Crippen molar-refractivity contribution in [1.82, 2.24) is 10.3 Å². The summed E-state index contributed by atoms with van der Waals surface area (Å²) < 4.78 is 18.3. The Kier molecular flexibility index (Phi) is 6.87. The molecule has 5 nitrogen and oxygen atoms in total. The number of ether oxygens (including phenoxy) is 1. The molecule has 0 radical (unpaired) electrons. The summed E-state index contributed by atoms with van der Waals surface area (Å²) in [5.74, 6) is 1.03. The number of amides is 1. The third-order valence-electron chi connectivity index (χ3n) is 3.31. The van der Waals surface area contributed by atoms with Crippen LogP contribution in [0.3, 0.4) is 0 Å². The molecule has 0 saturated carbocycles. The predicted octanol–water partition coefficient (Wildman–Crippen LogP) is 2.58. The van der Waals surface area contributed by atoms with Crippen molar-refractivity contribution in [2.75, 3.05) is 19.4 Å². The highest BCUT2D eigenvalue weighted by molar-refractivity contribution is 7.98. The molecule has 0 aliphatic carbocycles. The van der Waals surface area contributed by atoms with Crippen LogP contribution in [0.1, 0.15) is 22.5 Å². The standard InChI is InChI=1S/C17H19FN2O3S/c1-23-16-10-20-14(9-15(16)21)17(22)19-7-4-8-24-11-12-5-2-3-6-13(12)18/h2-3,5-6,9-10H,4,7-8,11H2,1H3,(H,19,22)(H,20,21). The van der Waals surface area contributed by atoms with Crippen molar-refractivity contribution in [1.29, 1.82) is 0 Å². The van der Waals surface area contributed by atoms with Crippen LogP contribution in [-0.4, -0.2) is 30.3 Å². The van der Waals surface area contributed by atoms with Crippen molar-refractivity contribution in [2.45, 2.75) is 12.2 Å². The van der Waals surface area contributed by atoms with Crippen molar-refractivity contribution in [3.05, 3.63) is 63.8 Å². The molecule has 0 aliphatic rings. The Morgan fingerprint density at radius 1 is 1.38 bits per heavy atom. The number of hydrogen-bond acceptors (Lipinski definition) is 4. The van der Waals surface area contributed by atoms with E-state index in [2.05, 4.69) is 10.3 Å². The number of hydrogen-bond donors (Lipinski definition) is 2. The van der Waals surface area contributed by atoms with Gasteiger partial charge >= 0.3 is 0 Å². The van der Waals surface area contributed by atoms with Gasteiger partial charge in [0.05, 0.1) is 7.11 Å². The highest BCUT2D eigenvalue weighted by atomic mass is 32.2. The minimum Gasteiger partial charge on any atom is -0.491 e. The Hall–Kier alpha value is -2.28. The topological polar surface area (TPSA) is 71.2 Å². The quantitative estimate of drug-likeness (QED) is 0.718. The van der Waals surface area contributed by atoms with E-state index in [9.17, 15) is 14.0 Å². The molecule has 128 valence electrons. The van der Waals surface area contributed by atoms with Crippen LogP contribution >= 0.6 is 11.8 Å². The van der Waals surface area contributed by atoms with Gasteiger partial charge in [-0.3, -0.25) is 9.59 Å². The zero-order valence-corrected chi connectivity index (χ0v) is 14.1. The first-order valence-corrected chi connectivity index (χ1v) is 8.63. The Bertz CT molecular complexity index is 749. The fourth-order valence-corrected chi connectivity index (χ4v) is 2.96. The molecule has 1 amide bonds. The Morgan fingerprint density at radius 2 is 2.17 bits per heavy atom. The molecule has 2 aromatic rings. The molecule has 0 spiro atoms. The van der Waals surface area contributed by atoms with E-state index in [1.54, 1.807) is 23.9 Å². The van der Waals surface area contributed by atoms with Crippen LogP contribution in [0.15, 0.2) is 41.3 Å². The van der Waals surface area contributed by atoms with E-state index in [1.165, 1.54) is 25.4 Å². The second-order valence-corrected chi connectivity index (χ2v) is 6.14. The number of halogens is 1. The number of carbonyl (C=O) groups excluding carboxylic acids is 1. The van der Waals surface area contributed by atoms with Gasteiger partial charge in [-0.2, -0.15) is 11.8 Å². The van der Waals surface area contributed by atoms with Crippen LogP contribution < -0.4 is 15.5 Å². The van der Waals surface area contributed by atoms with E-state index in [1.807, 2.05) is 6.07 Å². The molecule has 0 atom stereocenters. The van der Waals surface area contributed by atoms with Crippen molar-refractivity contribution in [2.24, 2.45) is 0 Å². The van der Waals surface area contributed by atoms with Gasteiger partial charge in [0.1, 0.15) is 11.5 Å². The molecule has 2 rings (SSSR count). The monoisotopic (exact) mass is 350 g/mol. The first-order chi connectivity index (χ1) is 11.6. The smallest absolute Gasteiger partial charge is 0.267 e. The third-order valence-corrected chi connectivity index (χ3v) is 4.40. The van der Waals surface area contributed by atoms with Gasteiger partial charge in [-0.1, -0.05) is 18.2 Å². The van der Waals surface area contributed by atoms with Crippen LogP contribution in [-0.2, 0) is 5.75 Å². The van der Waals surface area contributed by atoms with E-state index in [4.69, 9.17) is 4.74 Å². The first kappa shape index (κ1) is 18.1. The summed E-state index contributed by atoms with van der Waals surface area (Å²) >= 11 is 1.61. The lowest BCUT2D eigenvalue weighted by molar-refractivity contribution is 0.0948. The van der Waals surface area contributed by atoms with E-state index in [0.29, 0.717) is 17.9 Å². The number of aromatic amines is 1. The summed E-state index contributed by atoms with van der Waals surface area (Å²) in [5, 5.41) is 2.74. The summed E-state index contributed by atoms with van der Waals surface area (Å²) in [6.45, 7) is 0.483. The van der Waals surface area contributed by atoms with Gasteiger partial charge in [0.2, 0.25) is 5.43 Å². The molecule has 0 fully saturated rings. The number of rotatable bonds is 8. The van der Waals surface area contributed by atoms with Gasteiger partial charge in [-0.15, -0.1) is 0 Å². The van der Waals surface area contributed by atoms with Crippen molar-refractivity contribution in [3.63, 3.8) is 0 Å². The Labute approximate surface area is 143 Å². The second-order valence-electron chi connectivity index (χ2n) is 5.03. The van der Waals surface area contributed by atoms with Gasteiger partial charge < -0.3 is 15.0 Å². The predicted molar refractivity (Wildman–Crippen MR) is 93.1 cm³/mol. The summed E-state index contributed by atoms with van der Waals surface area (Å²) in [7, 11) is 1.39. The molecule has 2 N–H and O–H groups in total. The number of aromatic nitrogens is 1. The molecule has 7 heteroatoms. The van der Waals surface area contributed by atoms with Crippen molar-refractivity contribution >= 4 is 17.7 Å². The average Bonchev–Trinajstić information content (AvgIpc) is 2.59. The molecule has 1 heterocycles. The molecule has 1 aromatic heterocycles. The van der Waals surface area contributed by atoms with Crippen LogP contribution in [0.5, 0.6) is 5.75 Å². The van der Waals surface area contributed by atoms with Gasteiger partial charge in [0.15, 0.2) is 5.75 Å². The van der Waals surface area contributed by atoms with E-state index >= 15 is 0 Å². The zero-order valence-electron chi connectivity index (χ0n) is 13.3. The summed E-state index contributed by atoms with van der Waals surface area (Å²) in [4.78, 5) is 26.2. The number of methoxy groups -OCH3 is 1. The van der Waals surface area contributed by atoms with Gasteiger partial charge in [0.25, 0.3) is 5.91 Å². The Morgan fingerprint density at radius 3 is 2.88 bits per heavy atom. The van der Waals surface area contributed by atoms with Crippen LogP contribution in [0.4, 0.5) is 4.39 Å². The maximum atomic E-state index is 13.4. The normalized spacial score (nSPS) is 10.4. The molecule has 0 saturated heterocycles. The lowest BCUT2D eigenvalue weighted by Gasteiger charge is -2.06. The fraction of sp³-hybridized carbons (Fsp3) is 0.294. The highest BCUT2D eigenvalue weighted by Gasteiger charge is 2.08. The minimum atomic E-state index is -0.346. The molecule has 1 aromatic carbocycles. The number of benzene rings is 1. The number of thioether (sulfide) groups is 1. The van der Waals surface area contributed by atoms with Gasteiger partial charge in [0, 0.05) is 24.6 Å². The zero-order chi connectivity index (χ0) is 17.4. The summed E-state index contributed by atoms with van der Waals surface area (Å²) in [6, 6.07) is 7.91. The van der Waals surface area contributed by atoms with Gasteiger partial charge in [-0.25, -0.2) is 4.39 Å². The lowest BCUT2D eigenvalue weighted by atomic mass is 10.2.